The molecule has 3 rings (SSSR count). The molecule has 86 valence electrons. The topological polar surface area (TPSA) is 93.6 Å². The Hall–Kier alpha value is -2.37. The van der Waals surface area contributed by atoms with Gasteiger partial charge in [0.15, 0.2) is 0 Å². The Kier molecular flexibility index (Phi) is 1.91. The second kappa shape index (κ2) is 3.31. The molecule has 0 aliphatic heterocycles. The molecule has 0 aliphatic rings. The fraction of sp³-hybridized carbons (Fsp3) is 0.182. The van der Waals surface area contributed by atoms with Crippen molar-refractivity contribution in [2.75, 3.05) is 5.73 Å². The van der Waals surface area contributed by atoms with Crippen LogP contribution in [0.2, 0.25) is 0 Å². The number of nitrogen functional groups attached to an aromatic ring is 1. The summed E-state index contributed by atoms with van der Waals surface area (Å²) in [6.07, 6.45) is 1.53. The normalized spacial score (nSPS) is 11.2. The second-order valence-corrected chi connectivity index (χ2v) is 3.89. The lowest BCUT2D eigenvalue weighted by Gasteiger charge is -1.99. The van der Waals surface area contributed by atoms with Gasteiger partial charge in [0.25, 0.3) is 0 Å². The Morgan fingerprint density at radius 1 is 1.29 bits per heavy atom. The highest BCUT2D eigenvalue weighted by atomic mass is 16.5. The van der Waals surface area contributed by atoms with Gasteiger partial charge in [-0.3, -0.25) is 0 Å². The zero-order valence-electron chi connectivity index (χ0n) is 9.48. The molecule has 0 saturated heterocycles. The highest BCUT2D eigenvalue weighted by Crippen LogP contribution is 2.32. The first-order valence-corrected chi connectivity index (χ1v) is 5.20. The van der Waals surface area contributed by atoms with Crippen LogP contribution in [0.1, 0.15) is 11.5 Å². The van der Waals surface area contributed by atoms with E-state index in [1.54, 1.807) is 6.07 Å². The lowest BCUT2D eigenvalue weighted by molar-refractivity contribution is 0.422. The quantitative estimate of drug-likeness (QED) is 0.663. The molecule has 0 bridgehead atoms. The Bertz CT molecular complexity index is 684. The van der Waals surface area contributed by atoms with Gasteiger partial charge in [-0.05, 0) is 13.8 Å². The van der Waals surface area contributed by atoms with Crippen LogP contribution in [0, 0.1) is 13.8 Å². The van der Waals surface area contributed by atoms with Crippen LogP contribution in [-0.2, 0) is 0 Å². The zero-order chi connectivity index (χ0) is 12.0. The van der Waals surface area contributed by atoms with Crippen molar-refractivity contribution in [2.45, 2.75) is 13.8 Å². The van der Waals surface area contributed by atoms with Crippen LogP contribution in [0.4, 0.5) is 5.82 Å². The van der Waals surface area contributed by atoms with Gasteiger partial charge in [-0.15, -0.1) is 0 Å². The van der Waals surface area contributed by atoms with Crippen molar-refractivity contribution in [2.24, 2.45) is 0 Å². The predicted molar refractivity (Wildman–Crippen MR) is 63.3 cm³/mol. The minimum absolute atomic E-state index is 0.454. The Morgan fingerprint density at radius 2 is 2.12 bits per heavy atom. The van der Waals surface area contributed by atoms with Gasteiger partial charge in [-0.2, -0.15) is 0 Å². The largest absolute Gasteiger partial charge is 0.383 e. The van der Waals surface area contributed by atoms with Crippen molar-refractivity contribution >= 4 is 16.9 Å². The van der Waals surface area contributed by atoms with E-state index in [-0.39, 0.29) is 0 Å². The van der Waals surface area contributed by atoms with E-state index in [2.05, 4.69) is 20.1 Å². The number of nitrogens with zero attached hydrogens (tertiary/aromatic N) is 3. The van der Waals surface area contributed by atoms with Crippen molar-refractivity contribution in [3.05, 3.63) is 23.8 Å². The molecular weight excluding hydrogens is 218 g/mol. The van der Waals surface area contributed by atoms with Crippen molar-refractivity contribution in [1.82, 2.24) is 20.1 Å². The molecule has 0 radical (unpaired) electrons. The number of anilines is 1. The summed E-state index contributed by atoms with van der Waals surface area (Å²) in [6.45, 7) is 3.75. The van der Waals surface area contributed by atoms with Crippen LogP contribution < -0.4 is 5.73 Å². The van der Waals surface area contributed by atoms with E-state index in [4.69, 9.17) is 10.3 Å². The van der Waals surface area contributed by atoms with E-state index in [1.165, 1.54) is 6.26 Å². The molecule has 3 aromatic heterocycles. The lowest BCUT2D eigenvalue weighted by atomic mass is 10.1. The summed E-state index contributed by atoms with van der Waals surface area (Å²) >= 11 is 0. The van der Waals surface area contributed by atoms with Gasteiger partial charge in [0, 0.05) is 17.3 Å². The van der Waals surface area contributed by atoms with Gasteiger partial charge in [0.05, 0.1) is 5.39 Å². The van der Waals surface area contributed by atoms with Crippen molar-refractivity contribution in [1.29, 1.82) is 0 Å². The van der Waals surface area contributed by atoms with Crippen LogP contribution in [0.25, 0.3) is 22.3 Å². The smallest absolute Gasteiger partial charge is 0.144 e. The van der Waals surface area contributed by atoms with Crippen molar-refractivity contribution in [3.8, 4) is 11.3 Å². The molecule has 0 aromatic carbocycles. The number of nitrogens with two attached hydrogens (primary N) is 1. The lowest BCUT2D eigenvalue weighted by Crippen LogP contribution is -1.96. The van der Waals surface area contributed by atoms with Crippen LogP contribution in [0.5, 0.6) is 0 Å². The van der Waals surface area contributed by atoms with E-state index >= 15 is 0 Å². The predicted octanol–water partition coefficient (Wildman–Crippen LogP) is 1.81. The molecule has 6 nitrogen and oxygen atoms in total. The molecular formula is C11H11N5O. The third-order valence-electron chi connectivity index (χ3n) is 2.67. The molecule has 0 aliphatic carbocycles. The van der Waals surface area contributed by atoms with E-state index in [0.29, 0.717) is 11.6 Å². The van der Waals surface area contributed by atoms with Crippen molar-refractivity contribution in [3.63, 3.8) is 0 Å². The number of rotatable bonds is 1. The second-order valence-electron chi connectivity index (χ2n) is 3.89. The van der Waals surface area contributed by atoms with Crippen LogP contribution in [-0.4, -0.2) is 20.1 Å². The number of fused-ring (bicyclic) bond motifs is 1. The maximum atomic E-state index is 5.95. The summed E-state index contributed by atoms with van der Waals surface area (Å²) in [7, 11) is 0. The molecule has 0 atom stereocenters. The summed E-state index contributed by atoms with van der Waals surface area (Å²) in [5.74, 6) is 1.10. The highest BCUT2D eigenvalue weighted by Gasteiger charge is 2.17. The maximum absolute atomic E-state index is 5.95. The molecule has 0 spiro atoms. The minimum atomic E-state index is 0.454. The number of aromatic nitrogens is 4. The van der Waals surface area contributed by atoms with E-state index in [9.17, 15) is 0 Å². The number of hydrogen-bond acceptors (Lipinski definition) is 5. The summed E-state index contributed by atoms with van der Waals surface area (Å²) in [5.41, 5.74) is 9.24. The number of H-pyrrole nitrogens is 1. The number of hydrogen-bond donors (Lipinski definition) is 2. The first kappa shape index (κ1) is 9.83. The average molecular weight is 229 g/mol. The molecule has 3 N–H and O–H groups in total. The average Bonchev–Trinajstić information content (AvgIpc) is 2.83. The summed E-state index contributed by atoms with van der Waals surface area (Å²) < 4.78 is 4.86. The van der Waals surface area contributed by atoms with E-state index < -0.39 is 0 Å². The first-order valence-electron chi connectivity index (χ1n) is 5.20. The van der Waals surface area contributed by atoms with Gasteiger partial charge in [-0.1, -0.05) is 5.16 Å². The number of nitrogens with one attached hydrogen (secondary N) is 1. The molecule has 0 amide bonds. The fourth-order valence-electron chi connectivity index (χ4n) is 2.02. The van der Waals surface area contributed by atoms with E-state index in [1.807, 2.05) is 13.8 Å². The summed E-state index contributed by atoms with van der Waals surface area (Å²) in [5, 5.41) is 4.72. The fourth-order valence-corrected chi connectivity index (χ4v) is 2.02. The standard InChI is InChI=1S/C11H11N5O/c1-5-8(7-3-4-17-16-7)9-10(12)14-6(2)15-11(9)13-5/h3-4H,1-2H3,(H3,12,13,14,15). The molecule has 17 heavy (non-hydrogen) atoms. The van der Waals surface area contributed by atoms with Gasteiger partial charge < -0.3 is 15.2 Å². The highest BCUT2D eigenvalue weighted by molar-refractivity contribution is 6.00. The molecule has 0 saturated carbocycles. The third-order valence-corrected chi connectivity index (χ3v) is 2.67. The molecule has 0 unspecified atom stereocenters. The first-order chi connectivity index (χ1) is 8.16. The van der Waals surface area contributed by atoms with Gasteiger partial charge in [0.1, 0.15) is 29.2 Å². The van der Waals surface area contributed by atoms with Gasteiger partial charge in [0.2, 0.25) is 0 Å². The third kappa shape index (κ3) is 1.37. The molecule has 0 fully saturated rings. The summed E-state index contributed by atoms with van der Waals surface area (Å²) in [6, 6.07) is 1.79. The minimum Gasteiger partial charge on any atom is -0.383 e. The van der Waals surface area contributed by atoms with Gasteiger partial charge >= 0.3 is 0 Å². The number of aromatic amines is 1. The Labute approximate surface area is 96.9 Å². The van der Waals surface area contributed by atoms with Crippen LogP contribution in [0.15, 0.2) is 16.9 Å². The molecule has 6 heteroatoms. The molecule has 3 heterocycles. The van der Waals surface area contributed by atoms with Crippen LogP contribution in [0.3, 0.4) is 0 Å². The van der Waals surface area contributed by atoms with Gasteiger partial charge in [-0.25, -0.2) is 9.97 Å². The van der Waals surface area contributed by atoms with E-state index in [0.717, 1.165) is 28.0 Å². The van der Waals surface area contributed by atoms with Crippen molar-refractivity contribution < 1.29 is 4.52 Å². The Balaban J connectivity index is 2.42. The number of aryl methyl sites for hydroxylation is 2. The summed E-state index contributed by atoms with van der Waals surface area (Å²) in [4.78, 5) is 11.7. The SMILES string of the molecule is Cc1nc(N)c2c(-c3ccon3)c(C)[nH]c2n1. The maximum Gasteiger partial charge on any atom is 0.144 e. The zero-order valence-corrected chi connectivity index (χ0v) is 9.48. The van der Waals surface area contributed by atoms with Crippen LogP contribution >= 0.6 is 0 Å². The monoisotopic (exact) mass is 229 g/mol. The molecule has 3 aromatic rings. The Morgan fingerprint density at radius 3 is 2.82 bits per heavy atom.